The largest absolute Gasteiger partial charge is 0.343 e. The molecular formula is C21H28N2O2. The zero-order valence-electron chi connectivity index (χ0n) is 14.8. The molecule has 4 rings (SSSR count). The van der Waals surface area contributed by atoms with Gasteiger partial charge in [0.15, 0.2) is 5.78 Å². The minimum Gasteiger partial charge on any atom is -0.343 e. The van der Waals surface area contributed by atoms with Gasteiger partial charge in [0.1, 0.15) is 0 Å². The molecule has 4 heteroatoms. The molecule has 1 aromatic carbocycles. The fourth-order valence-electron chi connectivity index (χ4n) is 4.95. The summed E-state index contributed by atoms with van der Waals surface area (Å²) in [5, 5.41) is 3.64. The smallest absolute Gasteiger partial charge is 0.222 e. The van der Waals surface area contributed by atoms with Crippen LogP contribution >= 0.6 is 0 Å². The molecule has 0 aliphatic carbocycles. The van der Waals surface area contributed by atoms with Gasteiger partial charge in [0, 0.05) is 43.1 Å². The number of rotatable bonds is 4. The van der Waals surface area contributed by atoms with Crippen molar-refractivity contribution >= 4 is 11.7 Å². The lowest BCUT2D eigenvalue weighted by Crippen LogP contribution is -2.43. The lowest BCUT2D eigenvalue weighted by Gasteiger charge is -2.34. The molecule has 3 aliphatic rings. The van der Waals surface area contributed by atoms with E-state index in [2.05, 4.69) is 5.32 Å². The van der Waals surface area contributed by atoms with Crippen molar-refractivity contribution in [2.75, 3.05) is 13.1 Å². The van der Waals surface area contributed by atoms with Crippen LogP contribution < -0.4 is 5.32 Å². The van der Waals surface area contributed by atoms with Crippen LogP contribution in [0.4, 0.5) is 0 Å². The number of nitrogens with one attached hydrogen (secondary N) is 1. The molecule has 3 heterocycles. The fraction of sp³-hybridized carbons (Fsp3) is 0.619. The maximum absolute atomic E-state index is 12.7. The highest BCUT2D eigenvalue weighted by molar-refractivity contribution is 5.98. The first-order chi connectivity index (χ1) is 12.2. The van der Waals surface area contributed by atoms with Crippen LogP contribution in [0.3, 0.4) is 0 Å². The minimum absolute atomic E-state index is 0.0705. The van der Waals surface area contributed by atoms with Crippen LogP contribution in [0, 0.1) is 11.8 Å². The lowest BCUT2D eigenvalue weighted by molar-refractivity contribution is -0.133. The standard InChI is InChI=1S/C21H28N2O2/c24-20(14-15-12-18-6-7-19(13-15)22-18)23-10-8-17(9-11-23)21(25)16-4-2-1-3-5-16/h1-5,15,17-19,22H,6-14H2. The number of carbonyl (C=O) groups excluding carboxylic acids is 2. The van der Waals surface area contributed by atoms with Gasteiger partial charge in [-0.05, 0) is 44.4 Å². The van der Waals surface area contributed by atoms with E-state index in [-0.39, 0.29) is 11.7 Å². The van der Waals surface area contributed by atoms with E-state index in [0.717, 1.165) is 44.3 Å². The number of likely N-dealkylation sites (tertiary alicyclic amines) is 1. The second-order valence-electron chi connectivity index (χ2n) is 8.06. The highest BCUT2D eigenvalue weighted by Gasteiger charge is 2.35. The first-order valence-electron chi connectivity index (χ1n) is 9.82. The average Bonchev–Trinajstić information content (AvgIpc) is 3.00. The molecule has 1 aromatic rings. The molecule has 1 N–H and O–H groups in total. The third-order valence-corrected chi connectivity index (χ3v) is 6.31. The summed E-state index contributed by atoms with van der Waals surface area (Å²) < 4.78 is 0. The molecule has 25 heavy (non-hydrogen) atoms. The second-order valence-corrected chi connectivity index (χ2v) is 8.06. The van der Waals surface area contributed by atoms with Gasteiger partial charge in [-0.2, -0.15) is 0 Å². The molecule has 134 valence electrons. The molecular weight excluding hydrogens is 312 g/mol. The Morgan fingerprint density at radius 1 is 0.960 bits per heavy atom. The Balaban J connectivity index is 1.27. The molecule has 0 radical (unpaired) electrons. The summed E-state index contributed by atoms with van der Waals surface area (Å²) in [4.78, 5) is 27.2. The summed E-state index contributed by atoms with van der Waals surface area (Å²) >= 11 is 0. The van der Waals surface area contributed by atoms with E-state index >= 15 is 0 Å². The first kappa shape index (κ1) is 16.8. The van der Waals surface area contributed by atoms with Gasteiger partial charge >= 0.3 is 0 Å². The quantitative estimate of drug-likeness (QED) is 0.857. The van der Waals surface area contributed by atoms with Gasteiger partial charge in [0.2, 0.25) is 5.91 Å². The number of hydrogen-bond acceptors (Lipinski definition) is 3. The SMILES string of the molecule is O=C(c1ccccc1)C1CCN(C(=O)CC2CC3CCC(C2)N3)CC1. The molecule has 2 atom stereocenters. The van der Waals surface area contributed by atoms with Crippen LogP contribution in [0.25, 0.3) is 0 Å². The number of benzene rings is 1. The normalized spacial score (nSPS) is 29.6. The van der Waals surface area contributed by atoms with Crippen molar-refractivity contribution in [1.82, 2.24) is 10.2 Å². The molecule has 2 unspecified atom stereocenters. The number of amides is 1. The number of hydrogen-bond donors (Lipinski definition) is 1. The first-order valence-corrected chi connectivity index (χ1v) is 9.82. The lowest BCUT2D eigenvalue weighted by atomic mass is 9.87. The Labute approximate surface area is 150 Å². The average molecular weight is 340 g/mol. The van der Waals surface area contributed by atoms with E-state index in [9.17, 15) is 9.59 Å². The van der Waals surface area contributed by atoms with Gasteiger partial charge in [-0.25, -0.2) is 0 Å². The Morgan fingerprint density at radius 2 is 1.60 bits per heavy atom. The predicted molar refractivity (Wildman–Crippen MR) is 97.4 cm³/mol. The molecule has 3 fully saturated rings. The number of ketones is 1. The van der Waals surface area contributed by atoms with Crippen LogP contribution in [0.2, 0.25) is 0 Å². The molecule has 0 aromatic heterocycles. The van der Waals surface area contributed by atoms with E-state index in [0.29, 0.717) is 30.3 Å². The van der Waals surface area contributed by atoms with Gasteiger partial charge < -0.3 is 10.2 Å². The van der Waals surface area contributed by atoms with Crippen molar-refractivity contribution in [2.45, 2.75) is 57.0 Å². The third-order valence-electron chi connectivity index (χ3n) is 6.31. The van der Waals surface area contributed by atoms with Crippen molar-refractivity contribution in [3.8, 4) is 0 Å². The van der Waals surface area contributed by atoms with Crippen LogP contribution in [-0.2, 0) is 4.79 Å². The van der Waals surface area contributed by atoms with Crippen LogP contribution in [0.1, 0.15) is 55.3 Å². The summed E-state index contributed by atoms with van der Waals surface area (Å²) in [6, 6.07) is 10.8. The Kier molecular flexibility index (Phi) is 4.89. The van der Waals surface area contributed by atoms with Gasteiger partial charge in [0.25, 0.3) is 0 Å². The third kappa shape index (κ3) is 3.79. The van der Waals surface area contributed by atoms with Gasteiger partial charge in [0.05, 0.1) is 0 Å². The summed E-state index contributed by atoms with van der Waals surface area (Å²) in [5.41, 5.74) is 0.803. The molecule has 0 saturated carbocycles. The Bertz CT molecular complexity index is 610. The molecule has 3 saturated heterocycles. The van der Waals surface area contributed by atoms with Gasteiger partial charge in [-0.1, -0.05) is 30.3 Å². The fourth-order valence-corrected chi connectivity index (χ4v) is 4.95. The van der Waals surface area contributed by atoms with Crippen LogP contribution in [0.5, 0.6) is 0 Å². The summed E-state index contributed by atoms with van der Waals surface area (Å²) in [6.45, 7) is 1.47. The summed E-state index contributed by atoms with van der Waals surface area (Å²) in [5.74, 6) is 1.16. The van der Waals surface area contributed by atoms with E-state index < -0.39 is 0 Å². The van der Waals surface area contributed by atoms with Crippen molar-refractivity contribution in [1.29, 1.82) is 0 Å². The summed E-state index contributed by atoms with van der Waals surface area (Å²) in [6.07, 6.45) is 7.18. The number of fused-ring (bicyclic) bond motifs is 2. The van der Waals surface area contributed by atoms with E-state index in [1.165, 1.54) is 12.8 Å². The Morgan fingerprint density at radius 3 is 2.24 bits per heavy atom. The number of carbonyl (C=O) groups is 2. The second kappa shape index (κ2) is 7.28. The Hall–Kier alpha value is -1.68. The van der Waals surface area contributed by atoms with Crippen molar-refractivity contribution < 1.29 is 9.59 Å². The number of Topliss-reactive ketones (excluding diaryl/α,β-unsaturated/α-hetero) is 1. The maximum atomic E-state index is 12.7. The van der Waals surface area contributed by atoms with Crippen LogP contribution in [-0.4, -0.2) is 41.8 Å². The van der Waals surface area contributed by atoms with Crippen molar-refractivity contribution in [3.63, 3.8) is 0 Å². The van der Waals surface area contributed by atoms with Crippen LogP contribution in [0.15, 0.2) is 30.3 Å². The van der Waals surface area contributed by atoms with E-state index in [4.69, 9.17) is 0 Å². The van der Waals surface area contributed by atoms with Gasteiger partial charge in [-0.15, -0.1) is 0 Å². The number of piperidine rings is 2. The van der Waals surface area contributed by atoms with E-state index in [1.54, 1.807) is 0 Å². The zero-order chi connectivity index (χ0) is 17.2. The molecule has 1 amide bonds. The molecule has 0 spiro atoms. The highest BCUT2D eigenvalue weighted by Crippen LogP contribution is 2.33. The zero-order valence-corrected chi connectivity index (χ0v) is 14.8. The molecule has 4 nitrogen and oxygen atoms in total. The predicted octanol–water partition coefficient (Wildman–Crippen LogP) is 3.03. The topological polar surface area (TPSA) is 49.4 Å². The molecule has 3 aliphatic heterocycles. The van der Waals surface area contributed by atoms with Crippen molar-refractivity contribution in [2.24, 2.45) is 11.8 Å². The highest BCUT2D eigenvalue weighted by atomic mass is 16.2. The monoisotopic (exact) mass is 340 g/mol. The summed E-state index contributed by atoms with van der Waals surface area (Å²) in [7, 11) is 0. The molecule has 2 bridgehead atoms. The minimum atomic E-state index is 0.0705. The number of nitrogens with zero attached hydrogens (tertiary/aromatic N) is 1. The van der Waals surface area contributed by atoms with E-state index in [1.807, 2.05) is 35.2 Å². The van der Waals surface area contributed by atoms with Crippen molar-refractivity contribution in [3.05, 3.63) is 35.9 Å². The van der Waals surface area contributed by atoms with Gasteiger partial charge in [-0.3, -0.25) is 9.59 Å². The maximum Gasteiger partial charge on any atom is 0.222 e.